The fraction of sp³-hybridized carbons (Fsp3) is 0.929. The van der Waals surface area contributed by atoms with Gasteiger partial charge in [0.05, 0.1) is 11.7 Å². The Labute approximate surface area is 104 Å². The van der Waals surface area contributed by atoms with E-state index in [-0.39, 0.29) is 17.2 Å². The van der Waals surface area contributed by atoms with Crippen LogP contribution in [0.4, 0.5) is 0 Å². The number of nitrogens with zero attached hydrogens (tertiary/aromatic N) is 1. The lowest BCUT2D eigenvalue weighted by Gasteiger charge is -2.39. The molecule has 3 aliphatic rings. The maximum Gasteiger partial charge on any atom is 0.244 e. The summed E-state index contributed by atoms with van der Waals surface area (Å²) in [5.41, 5.74) is -0.166. The van der Waals surface area contributed by atoms with Crippen LogP contribution in [0.5, 0.6) is 0 Å². The quantitative estimate of drug-likeness (QED) is 0.797. The molecule has 2 aliphatic carbocycles. The van der Waals surface area contributed by atoms with Gasteiger partial charge in [0.25, 0.3) is 0 Å². The van der Waals surface area contributed by atoms with Crippen molar-refractivity contribution in [1.29, 1.82) is 0 Å². The molecule has 1 saturated heterocycles. The molecule has 1 spiro atoms. The summed E-state index contributed by atoms with van der Waals surface area (Å²) in [5.74, 6) is 1.09. The first kappa shape index (κ1) is 11.5. The topological polar surface area (TPSA) is 32.3 Å². The van der Waals surface area contributed by atoms with E-state index < -0.39 is 0 Å². The minimum Gasteiger partial charge on any atom is -0.320 e. The van der Waals surface area contributed by atoms with Crippen molar-refractivity contribution in [3.8, 4) is 0 Å². The van der Waals surface area contributed by atoms with Gasteiger partial charge in [-0.2, -0.15) is 0 Å². The van der Waals surface area contributed by atoms with Gasteiger partial charge in [-0.3, -0.25) is 10.1 Å². The van der Waals surface area contributed by atoms with E-state index in [2.05, 4.69) is 31.0 Å². The van der Waals surface area contributed by atoms with Crippen molar-refractivity contribution in [3.05, 3.63) is 0 Å². The first-order valence-electron chi connectivity index (χ1n) is 7.09. The second-order valence-electron chi connectivity index (χ2n) is 6.71. The standard InChI is InChI=1S/C14H24N2O/c1-10-15-14(8-4-5-9-14)12(17)16(10)13(2,3)11-6-7-11/h10-11,15H,4-9H2,1-3H3. The largest absolute Gasteiger partial charge is 0.320 e. The van der Waals surface area contributed by atoms with Gasteiger partial charge in [0.1, 0.15) is 0 Å². The summed E-state index contributed by atoms with van der Waals surface area (Å²) < 4.78 is 0. The van der Waals surface area contributed by atoms with E-state index >= 15 is 0 Å². The smallest absolute Gasteiger partial charge is 0.244 e. The molecule has 2 saturated carbocycles. The van der Waals surface area contributed by atoms with Gasteiger partial charge in [-0.05, 0) is 52.4 Å². The number of carbonyl (C=O) groups is 1. The van der Waals surface area contributed by atoms with Gasteiger partial charge in [-0.25, -0.2) is 0 Å². The van der Waals surface area contributed by atoms with Crippen molar-refractivity contribution < 1.29 is 4.79 Å². The molecule has 1 aliphatic heterocycles. The van der Waals surface area contributed by atoms with Crippen LogP contribution in [-0.4, -0.2) is 28.1 Å². The van der Waals surface area contributed by atoms with Crippen LogP contribution in [0.15, 0.2) is 0 Å². The van der Waals surface area contributed by atoms with Crippen molar-refractivity contribution in [2.75, 3.05) is 0 Å². The predicted octanol–water partition coefficient (Wildman–Crippen LogP) is 2.27. The van der Waals surface area contributed by atoms with E-state index in [4.69, 9.17) is 0 Å². The fourth-order valence-electron chi connectivity index (χ4n) is 4.02. The van der Waals surface area contributed by atoms with Crippen LogP contribution in [0.2, 0.25) is 0 Å². The van der Waals surface area contributed by atoms with Crippen molar-refractivity contribution in [2.45, 2.75) is 76.5 Å². The van der Waals surface area contributed by atoms with Gasteiger partial charge >= 0.3 is 0 Å². The Morgan fingerprint density at radius 2 is 1.88 bits per heavy atom. The summed E-state index contributed by atoms with van der Waals surface area (Å²) in [6.45, 7) is 6.64. The first-order chi connectivity index (χ1) is 7.97. The van der Waals surface area contributed by atoms with Crippen LogP contribution in [-0.2, 0) is 4.79 Å². The van der Waals surface area contributed by atoms with E-state index in [9.17, 15) is 4.79 Å². The molecule has 1 atom stereocenters. The van der Waals surface area contributed by atoms with Crippen LogP contribution < -0.4 is 5.32 Å². The summed E-state index contributed by atoms with van der Waals surface area (Å²) in [6.07, 6.45) is 7.25. The van der Waals surface area contributed by atoms with Crippen molar-refractivity contribution in [2.24, 2.45) is 5.92 Å². The summed E-state index contributed by atoms with van der Waals surface area (Å²) >= 11 is 0. The average Bonchev–Trinajstić information content (AvgIpc) is 2.96. The van der Waals surface area contributed by atoms with E-state index in [0.717, 1.165) is 12.8 Å². The second-order valence-corrected chi connectivity index (χ2v) is 6.71. The van der Waals surface area contributed by atoms with Crippen molar-refractivity contribution in [3.63, 3.8) is 0 Å². The molecule has 3 heteroatoms. The lowest BCUT2D eigenvalue weighted by Crippen LogP contribution is -2.52. The molecule has 0 bridgehead atoms. The minimum absolute atomic E-state index is 0.0373. The van der Waals surface area contributed by atoms with Crippen LogP contribution in [0.1, 0.15) is 59.3 Å². The summed E-state index contributed by atoms with van der Waals surface area (Å²) in [6, 6.07) is 0. The molecule has 3 rings (SSSR count). The zero-order valence-electron chi connectivity index (χ0n) is 11.3. The summed E-state index contributed by atoms with van der Waals surface area (Å²) in [5, 5.41) is 3.59. The molecule has 0 aromatic rings. The van der Waals surface area contributed by atoms with Crippen LogP contribution in [0.25, 0.3) is 0 Å². The number of rotatable bonds is 2. The molecule has 1 heterocycles. The Morgan fingerprint density at radius 3 is 2.41 bits per heavy atom. The minimum atomic E-state index is -0.203. The van der Waals surface area contributed by atoms with Gasteiger partial charge in [0.2, 0.25) is 5.91 Å². The molecule has 3 nitrogen and oxygen atoms in total. The van der Waals surface area contributed by atoms with E-state index in [1.165, 1.54) is 25.7 Å². The Bertz CT molecular complexity index is 340. The molecule has 3 fully saturated rings. The van der Waals surface area contributed by atoms with E-state index in [0.29, 0.717) is 11.8 Å². The molecular weight excluding hydrogens is 212 g/mol. The third kappa shape index (κ3) is 1.55. The van der Waals surface area contributed by atoms with Crippen molar-refractivity contribution in [1.82, 2.24) is 10.2 Å². The molecule has 1 N–H and O–H groups in total. The highest BCUT2D eigenvalue weighted by atomic mass is 16.2. The van der Waals surface area contributed by atoms with Gasteiger partial charge in [0.15, 0.2) is 0 Å². The van der Waals surface area contributed by atoms with Crippen LogP contribution in [0.3, 0.4) is 0 Å². The third-order valence-corrected chi connectivity index (χ3v) is 5.16. The highest BCUT2D eigenvalue weighted by Crippen LogP contribution is 2.47. The van der Waals surface area contributed by atoms with E-state index in [1.54, 1.807) is 0 Å². The van der Waals surface area contributed by atoms with Gasteiger partial charge in [0, 0.05) is 5.54 Å². The lowest BCUT2D eigenvalue weighted by molar-refractivity contribution is -0.138. The molecule has 0 aromatic carbocycles. The summed E-state index contributed by atoms with van der Waals surface area (Å²) in [4.78, 5) is 14.9. The molecule has 0 radical (unpaired) electrons. The highest BCUT2D eigenvalue weighted by molar-refractivity contribution is 5.89. The summed E-state index contributed by atoms with van der Waals surface area (Å²) in [7, 11) is 0. The van der Waals surface area contributed by atoms with Gasteiger partial charge in [-0.15, -0.1) is 0 Å². The average molecular weight is 236 g/mol. The van der Waals surface area contributed by atoms with E-state index in [1.807, 2.05) is 0 Å². The van der Waals surface area contributed by atoms with Crippen LogP contribution in [0, 0.1) is 5.92 Å². The fourth-order valence-corrected chi connectivity index (χ4v) is 4.02. The van der Waals surface area contributed by atoms with Crippen molar-refractivity contribution >= 4 is 5.91 Å². The first-order valence-corrected chi connectivity index (χ1v) is 7.09. The Kier molecular flexibility index (Phi) is 2.35. The van der Waals surface area contributed by atoms with Gasteiger partial charge < -0.3 is 4.90 Å². The second kappa shape index (κ2) is 3.47. The Balaban J connectivity index is 1.88. The molecule has 1 amide bonds. The molecular formula is C14H24N2O. The zero-order valence-corrected chi connectivity index (χ0v) is 11.3. The number of amides is 1. The van der Waals surface area contributed by atoms with Crippen LogP contribution >= 0.6 is 0 Å². The monoisotopic (exact) mass is 236 g/mol. The molecule has 1 unspecified atom stereocenters. The number of carbonyl (C=O) groups excluding carboxylic acids is 1. The maximum absolute atomic E-state index is 12.8. The maximum atomic E-state index is 12.8. The Morgan fingerprint density at radius 1 is 1.29 bits per heavy atom. The number of nitrogens with one attached hydrogen (secondary N) is 1. The number of hydrogen-bond donors (Lipinski definition) is 1. The molecule has 96 valence electrons. The normalized spacial score (nSPS) is 32.8. The Hall–Kier alpha value is -0.570. The SMILES string of the molecule is CC1NC2(CCCC2)C(=O)N1C(C)(C)C1CC1. The van der Waals surface area contributed by atoms with Gasteiger partial charge in [-0.1, -0.05) is 12.8 Å². The molecule has 0 aromatic heterocycles. The number of hydrogen-bond acceptors (Lipinski definition) is 2. The zero-order chi connectivity index (χ0) is 12.3. The molecule has 17 heavy (non-hydrogen) atoms. The predicted molar refractivity (Wildman–Crippen MR) is 67.4 cm³/mol. The lowest BCUT2D eigenvalue weighted by atomic mass is 9.92. The third-order valence-electron chi connectivity index (χ3n) is 5.16. The highest BCUT2D eigenvalue weighted by Gasteiger charge is 2.57.